The minimum atomic E-state index is 0.345. The average molecular weight is 211 g/mol. The van der Waals surface area contributed by atoms with Crippen LogP contribution in [0.3, 0.4) is 0 Å². The minimum Gasteiger partial charge on any atom is -0.383 e. The van der Waals surface area contributed by atoms with E-state index in [-0.39, 0.29) is 0 Å². The highest BCUT2D eigenvalue weighted by atomic mass is 32.2. The first kappa shape index (κ1) is 11.4. The van der Waals surface area contributed by atoms with Crippen molar-refractivity contribution in [2.45, 2.75) is 17.9 Å². The topological polar surface area (TPSA) is 21.3 Å². The predicted octanol–water partition coefficient (Wildman–Crippen LogP) is 2.86. The monoisotopic (exact) mass is 211 g/mol. The Morgan fingerprint density at radius 2 is 2.29 bits per heavy atom. The van der Waals surface area contributed by atoms with Crippen LogP contribution in [-0.2, 0) is 4.74 Å². The summed E-state index contributed by atoms with van der Waals surface area (Å²) in [5.41, 5.74) is 1.15. The molecule has 0 unspecified atom stereocenters. The molecule has 0 saturated carbocycles. The van der Waals surface area contributed by atoms with Crippen LogP contribution in [0.2, 0.25) is 0 Å². The van der Waals surface area contributed by atoms with Crippen molar-refractivity contribution in [3.05, 3.63) is 24.3 Å². The number of rotatable bonds is 5. The van der Waals surface area contributed by atoms with E-state index in [0.29, 0.717) is 6.04 Å². The fraction of sp³-hybridized carbons (Fsp3) is 0.455. The maximum absolute atomic E-state index is 5.06. The van der Waals surface area contributed by atoms with Gasteiger partial charge in [-0.1, -0.05) is 6.07 Å². The molecule has 14 heavy (non-hydrogen) atoms. The first-order chi connectivity index (χ1) is 6.76. The van der Waals surface area contributed by atoms with E-state index in [0.717, 1.165) is 12.3 Å². The molecule has 0 heterocycles. The molecule has 0 amide bonds. The number of anilines is 1. The molecule has 0 aliphatic rings. The summed E-state index contributed by atoms with van der Waals surface area (Å²) in [6.07, 6.45) is 2.08. The van der Waals surface area contributed by atoms with E-state index in [4.69, 9.17) is 4.74 Å². The van der Waals surface area contributed by atoms with Crippen molar-refractivity contribution in [1.29, 1.82) is 0 Å². The molecule has 0 spiro atoms. The molecule has 1 aromatic rings. The van der Waals surface area contributed by atoms with E-state index in [1.807, 2.05) is 0 Å². The number of hydrogen-bond donors (Lipinski definition) is 1. The highest BCUT2D eigenvalue weighted by Crippen LogP contribution is 2.19. The Kier molecular flexibility index (Phi) is 4.84. The van der Waals surface area contributed by atoms with Gasteiger partial charge in [0, 0.05) is 23.7 Å². The molecule has 1 aromatic carbocycles. The van der Waals surface area contributed by atoms with Gasteiger partial charge in [-0.15, -0.1) is 11.8 Å². The van der Waals surface area contributed by atoms with Crippen molar-refractivity contribution in [3.63, 3.8) is 0 Å². The Morgan fingerprint density at radius 3 is 2.93 bits per heavy atom. The molecule has 0 aliphatic carbocycles. The zero-order valence-corrected chi connectivity index (χ0v) is 9.73. The molecule has 3 heteroatoms. The van der Waals surface area contributed by atoms with Crippen LogP contribution < -0.4 is 5.32 Å². The van der Waals surface area contributed by atoms with E-state index >= 15 is 0 Å². The first-order valence-electron chi connectivity index (χ1n) is 4.65. The molecule has 1 atom stereocenters. The summed E-state index contributed by atoms with van der Waals surface area (Å²) in [7, 11) is 1.72. The molecule has 78 valence electrons. The van der Waals surface area contributed by atoms with Crippen LogP contribution in [-0.4, -0.2) is 26.0 Å². The SMILES string of the molecule is COC[C@@H](C)Nc1cccc(SC)c1. The summed E-state index contributed by atoms with van der Waals surface area (Å²) in [5.74, 6) is 0. The summed E-state index contributed by atoms with van der Waals surface area (Å²) < 4.78 is 5.06. The molecule has 0 bridgehead atoms. The quantitative estimate of drug-likeness (QED) is 0.757. The van der Waals surface area contributed by atoms with Crippen molar-refractivity contribution in [2.24, 2.45) is 0 Å². The van der Waals surface area contributed by atoms with Gasteiger partial charge in [0.2, 0.25) is 0 Å². The van der Waals surface area contributed by atoms with E-state index < -0.39 is 0 Å². The number of benzene rings is 1. The van der Waals surface area contributed by atoms with Gasteiger partial charge in [0.25, 0.3) is 0 Å². The molecule has 0 aliphatic heterocycles. The summed E-state index contributed by atoms with van der Waals surface area (Å²) >= 11 is 1.75. The smallest absolute Gasteiger partial charge is 0.0661 e. The Bertz CT molecular complexity index is 278. The third kappa shape index (κ3) is 3.60. The number of thioether (sulfide) groups is 1. The molecule has 0 radical (unpaired) electrons. The van der Waals surface area contributed by atoms with Gasteiger partial charge in [0.15, 0.2) is 0 Å². The second-order valence-electron chi connectivity index (χ2n) is 3.23. The standard InChI is InChI=1S/C11H17NOS/c1-9(8-13-2)12-10-5-4-6-11(7-10)14-3/h4-7,9,12H,8H2,1-3H3/t9-/m1/s1. The Balaban J connectivity index is 2.57. The molecule has 0 saturated heterocycles. The van der Waals surface area contributed by atoms with Crippen LogP contribution in [0.25, 0.3) is 0 Å². The molecular formula is C11H17NOS. The second kappa shape index (κ2) is 5.94. The maximum atomic E-state index is 5.06. The number of ether oxygens (including phenoxy) is 1. The van der Waals surface area contributed by atoms with Gasteiger partial charge in [-0.3, -0.25) is 0 Å². The van der Waals surface area contributed by atoms with Gasteiger partial charge in [-0.25, -0.2) is 0 Å². The molecule has 1 rings (SSSR count). The lowest BCUT2D eigenvalue weighted by atomic mass is 10.3. The molecule has 2 nitrogen and oxygen atoms in total. The van der Waals surface area contributed by atoms with E-state index in [1.165, 1.54) is 4.90 Å². The Hall–Kier alpha value is -0.670. The fourth-order valence-electron chi connectivity index (χ4n) is 1.29. The van der Waals surface area contributed by atoms with Gasteiger partial charge < -0.3 is 10.1 Å². The van der Waals surface area contributed by atoms with Crippen LogP contribution in [0.5, 0.6) is 0 Å². The Labute approximate surface area is 90.0 Å². The largest absolute Gasteiger partial charge is 0.383 e. The summed E-state index contributed by atoms with van der Waals surface area (Å²) in [5, 5.41) is 3.38. The van der Waals surface area contributed by atoms with E-state index in [1.54, 1.807) is 18.9 Å². The highest BCUT2D eigenvalue weighted by Gasteiger charge is 2.00. The second-order valence-corrected chi connectivity index (χ2v) is 4.11. The third-order valence-corrected chi connectivity index (χ3v) is 2.62. The zero-order valence-electron chi connectivity index (χ0n) is 8.91. The van der Waals surface area contributed by atoms with Crippen molar-refractivity contribution in [3.8, 4) is 0 Å². The fourth-order valence-corrected chi connectivity index (χ4v) is 1.75. The predicted molar refractivity (Wildman–Crippen MR) is 63.2 cm³/mol. The van der Waals surface area contributed by atoms with Crippen LogP contribution in [0.1, 0.15) is 6.92 Å². The third-order valence-electron chi connectivity index (χ3n) is 1.90. The van der Waals surface area contributed by atoms with Crippen molar-refractivity contribution >= 4 is 17.4 Å². The van der Waals surface area contributed by atoms with Crippen molar-refractivity contribution < 1.29 is 4.74 Å². The van der Waals surface area contributed by atoms with E-state index in [9.17, 15) is 0 Å². The molecule has 1 N–H and O–H groups in total. The molecular weight excluding hydrogens is 194 g/mol. The number of methoxy groups -OCH3 is 1. The average Bonchev–Trinajstić information content (AvgIpc) is 2.18. The van der Waals surface area contributed by atoms with Gasteiger partial charge >= 0.3 is 0 Å². The Morgan fingerprint density at radius 1 is 1.50 bits per heavy atom. The van der Waals surface area contributed by atoms with Gasteiger partial charge in [0.05, 0.1) is 6.61 Å². The lowest BCUT2D eigenvalue weighted by molar-refractivity contribution is 0.190. The maximum Gasteiger partial charge on any atom is 0.0661 e. The van der Waals surface area contributed by atoms with Gasteiger partial charge in [-0.05, 0) is 31.4 Å². The molecule has 0 fully saturated rings. The van der Waals surface area contributed by atoms with E-state index in [2.05, 4.69) is 42.8 Å². The van der Waals surface area contributed by atoms with Crippen LogP contribution in [0.4, 0.5) is 5.69 Å². The lowest BCUT2D eigenvalue weighted by Crippen LogP contribution is -2.20. The van der Waals surface area contributed by atoms with Crippen LogP contribution in [0.15, 0.2) is 29.2 Å². The van der Waals surface area contributed by atoms with Crippen LogP contribution in [0, 0.1) is 0 Å². The normalized spacial score (nSPS) is 12.5. The van der Waals surface area contributed by atoms with Gasteiger partial charge in [0.1, 0.15) is 0 Å². The first-order valence-corrected chi connectivity index (χ1v) is 5.88. The van der Waals surface area contributed by atoms with Crippen molar-refractivity contribution in [2.75, 3.05) is 25.3 Å². The number of nitrogens with one attached hydrogen (secondary N) is 1. The summed E-state index contributed by atoms with van der Waals surface area (Å²) in [6, 6.07) is 8.74. The molecule has 0 aromatic heterocycles. The minimum absolute atomic E-state index is 0.345. The number of hydrogen-bond acceptors (Lipinski definition) is 3. The summed E-state index contributed by atoms with van der Waals surface area (Å²) in [4.78, 5) is 1.28. The zero-order chi connectivity index (χ0) is 10.4. The summed E-state index contributed by atoms with van der Waals surface area (Å²) in [6.45, 7) is 2.83. The highest BCUT2D eigenvalue weighted by molar-refractivity contribution is 7.98. The van der Waals surface area contributed by atoms with Gasteiger partial charge in [-0.2, -0.15) is 0 Å². The van der Waals surface area contributed by atoms with Crippen molar-refractivity contribution in [1.82, 2.24) is 0 Å². The van der Waals surface area contributed by atoms with Crippen LogP contribution >= 0.6 is 11.8 Å². The lowest BCUT2D eigenvalue weighted by Gasteiger charge is -2.14.